The monoisotopic (exact) mass is 282 g/mol. The third-order valence-corrected chi connectivity index (χ3v) is 4.62. The average molecular weight is 283 g/mol. The normalized spacial score (nSPS) is 22.7. The van der Waals surface area contributed by atoms with E-state index in [2.05, 4.69) is 10.2 Å². The minimum atomic E-state index is -0.251. The summed E-state index contributed by atoms with van der Waals surface area (Å²) >= 11 is 5.96. The minimum Gasteiger partial charge on any atom is -0.368 e. The SMILES string of the molecule is Fc1cc(Cl)cc(N2CCNC3(CCCCC3)C2)c1. The fourth-order valence-corrected chi connectivity index (χ4v) is 3.68. The number of nitrogens with zero attached hydrogens (tertiary/aromatic N) is 1. The van der Waals surface area contributed by atoms with Gasteiger partial charge in [0.15, 0.2) is 0 Å². The van der Waals surface area contributed by atoms with Gasteiger partial charge in [0.2, 0.25) is 0 Å². The van der Waals surface area contributed by atoms with E-state index < -0.39 is 0 Å². The average Bonchev–Trinajstić information content (AvgIpc) is 2.38. The first kappa shape index (κ1) is 13.2. The van der Waals surface area contributed by atoms with E-state index in [-0.39, 0.29) is 11.4 Å². The van der Waals surface area contributed by atoms with Gasteiger partial charge in [0.05, 0.1) is 0 Å². The van der Waals surface area contributed by atoms with Gasteiger partial charge in [-0.2, -0.15) is 0 Å². The lowest BCUT2D eigenvalue weighted by Gasteiger charge is -2.47. The second kappa shape index (κ2) is 5.29. The van der Waals surface area contributed by atoms with Crippen molar-refractivity contribution in [2.24, 2.45) is 0 Å². The molecule has 0 amide bonds. The highest BCUT2D eigenvalue weighted by molar-refractivity contribution is 6.30. The van der Waals surface area contributed by atoms with Crippen LogP contribution in [-0.4, -0.2) is 25.2 Å². The third-order valence-electron chi connectivity index (χ3n) is 4.40. The molecule has 1 N–H and O–H groups in total. The number of nitrogens with one attached hydrogen (secondary N) is 1. The molecule has 0 radical (unpaired) electrons. The van der Waals surface area contributed by atoms with Crippen LogP contribution in [0.3, 0.4) is 0 Å². The fraction of sp³-hybridized carbons (Fsp3) is 0.600. The van der Waals surface area contributed by atoms with Crippen molar-refractivity contribution in [2.75, 3.05) is 24.5 Å². The molecule has 0 aromatic heterocycles. The quantitative estimate of drug-likeness (QED) is 0.847. The lowest BCUT2D eigenvalue weighted by molar-refractivity contribution is 0.216. The van der Waals surface area contributed by atoms with Gasteiger partial charge in [-0.15, -0.1) is 0 Å². The van der Waals surface area contributed by atoms with Crippen LogP contribution < -0.4 is 10.2 Å². The Kier molecular flexibility index (Phi) is 3.68. The van der Waals surface area contributed by atoms with E-state index in [1.807, 2.05) is 6.07 Å². The molecule has 2 fully saturated rings. The Morgan fingerprint density at radius 1 is 1.16 bits per heavy atom. The van der Waals surface area contributed by atoms with E-state index >= 15 is 0 Å². The first-order valence-corrected chi connectivity index (χ1v) is 7.51. The zero-order valence-corrected chi connectivity index (χ0v) is 11.8. The summed E-state index contributed by atoms with van der Waals surface area (Å²) in [5.41, 5.74) is 1.14. The van der Waals surface area contributed by atoms with Crippen LogP contribution in [0.15, 0.2) is 18.2 Å². The molecule has 4 heteroatoms. The van der Waals surface area contributed by atoms with Crippen molar-refractivity contribution in [3.8, 4) is 0 Å². The van der Waals surface area contributed by atoms with Crippen LogP contribution in [0.25, 0.3) is 0 Å². The molecule has 1 saturated carbocycles. The van der Waals surface area contributed by atoms with Crippen molar-refractivity contribution < 1.29 is 4.39 Å². The Bertz CT molecular complexity index is 432. The van der Waals surface area contributed by atoms with Gasteiger partial charge in [0.25, 0.3) is 0 Å². The van der Waals surface area contributed by atoms with Gasteiger partial charge in [-0.1, -0.05) is 30.9 Å². The molecule has 1 saturated heterocycles. The van der Waals surface area contributed by atoms with E-state index in [4.69, 9.17) is 11.6 Å². The molecule has 1 aliphatic heterocycles. The summed E-state index contributed by atoms with van der Waals surface area (Å²) in [5, 5.41) is 4.17. The predicted octanol–water partition coefficient (Wildman–Crippen LogP) is 3.59. The number of benzene rings is 1. The predicted molar refractivity (Wildman–Crippen MR) is 77.4 cm³/mol. The van der Waals surface area contributed by atoms with Gasteiger partial charge < -0.3 is 10.2 Å². The van der Waals surface area contributed by atoms with Crippen molar-refractivity contribution in [3.05, 3.63) is 29.0 Å². The zero-order chi connectivity index (χ0) is 13.3. The van der Waals surface area contributed by atoms with Gasteiger partial charge in [0, 0.05) is 35.9 Å². The van der Waals surface area contributed by atoms with Gasteiger partial charge in [-0.3, -0.25) is 0 Å². The first-order valence-electron chi connectivity index (χ1n) is 7.13. The van der Waals surface area contributed by atoms with Crippen molar-refractivity contribution in [3.63, 3.8) is 0 Å². The molecule has 0 bridgehead atoms. The molecule has 1 aromatic carbocycles. The van der Waals surface area contributed by atoms with Crippen LogP contribution in [0.1, 0.15) is 32.1 Å². The molecule has 0 atom stereocenters. The largest absolute Gasteiger partial charge is 0.368 e. The molecule has 1 spiro atoms. The number of anilines is 1. The molecule has 3 rings (SSSR count). The van der Waals surface area contributed by atoms with E-state index in [1.54, 1.807) is 6.07 Å². The standard InChI is InChI=1S/C15H20ClFN2/c16-12-8-13(17)10-14(9-12)19-7-6-18-15(11-19)4-2-1-3-5-15/h8-10,18H,1-7,11H2. The van der Waals surface area contributed by atoms with Gasteiger partial charge in [-0.25, -0.2) is 4.39 Å². The van der Waals surface area contributed by atoms with Crippen molar-refractivity contribution in [1.82, 2.24) is 5.32 Å². The Morgan fingerprint density at radius 3 is 2.68 bits per heavy atom. The molecule has 104 valence electrons. The summed E-state index contributed by atoms with van der Waals surface area (Å²) < 4.78 is 13.5. The molecular formula is C15H20ClFN2. The molecule has 1 aliphatic carbocycles. The molecule has 1 aromatic rings. The molecule has 2 aliphatic rings. The number of hydrogen-bond acceptors (Lipinski definition) is 2. The summed E-state index contributed by atoms with van der Waals surface area (Å²) in [4.78, 5) is 2.27. The lowest BCUT2D eigenvalue weighted by atomic mass is 9.80. The van der Waals surface area contributed by atoms with Crippen LogP contribution in [0.4, 0.5) is 10.1 Å². The molecule has 1 heterocycles. The smallest absolute Gasteiger partial charge is 0.126 e. The second-order valence-corrected chi connectivity index (χ2v) is 6.25. The second-order valence-electron chi connectivity index (χ2n) is 5.82. The summed E-state index contributed by atoms with van der Waals surface area (Å²) in [7, 11) is 0. The first-order chi connectivity index (χ1) is 9.17. The summed E-state index contributed by atoms with van der Waals surface area (Å²) in [5.74, 6) is -0.251. The maximum Gasteiger partial charge on any atom is 0.126 e. The highest BCUT2D eigenvalue weighted by Crippen LogP contribution is 2.33. The summed E-state index contributed by atoms with van der Waals surface area (Å²) in [6, 6.07) is 4.82. The van der Waals surface area contributed by atoms with E-state index in [0.29, 0.717) is 5.02 Å². The molecule has 19 heavy (non-hydrogen) atoms. The third kappa shape index (κ3) is 2.87. The highest BCUT2D eigenvalue weighted by atomic mass is 35.5. The van der Waals surface area contributed by atoms with Gasteiger partial charge >= 0.3 is 0 Å². The van der Waals surface area contributed by atoms with Crippen molar-refractivity contribution >= 4 is 17.3 Å². The summed E-state index contributed by atoms with van der Waals surface area (Å²) in [6.07, 6.45) is 6.39. The van der Waals surface area contributed by atoms with Crippen molar-refractivity contribution in [1.29, 1.82) is 0 Å². The van der Waals surface area contributed by atoms with Gasteiger partial charge in [-0.05, 0) is 31.0 Å². The van der Waals surface area contributed by atoms with Crippen LogP contribution in [0, 0.1) is 5.82 Å². The maximum absolute atomic E-state index is 13.5. The number of piperazine rings is 1. The Labute approximate surface area is 118 Å². The number of rotatable bonds is 1. The fourth-order valence-electron chi connectivity index (χ4n) is 3.46. The van der Waals surface area contributed by atoms with E-state index in [9.17, 15) is 4.39 Å². The van der Waals surface area contributed by atoms with Gasteiger partial charge in [0.1, 0.15) is 5.82 Å². The van der Waals surface area contributed by atoms with Crippen LogP contribution in [0.5, 0.6) is 0 Å². The van der Waals surface area contributed by atoms with Crippen LogP contribution >= 0.6 is 11.6 Å². The summed E-state index contributed by atoms with van der Waals surface area (Å²) in [6.45, 7) is 2.85. The molecular weight excluding hydrogens is 263 g/mol. The van der Waals surface area contributed by atoms with Crippen molar-refractivity contribution in [2.45, 2.75) is 37.6 Å². The topological polar surface area (TPSA) is 15.3 Å². The minimum absolute atomic E-state index is 0.231. The van der Waals surface area contributed by atoms with Crippen LogP contribution in [-0.2, 0) is 0 Å². The number of halogens is 2. The van der Waals surface area contributed by atoms with Crippen LogP contribution in [0.2, 0.25) is 5.02 Å². The highest BCUT2D eigenvalue weighted by Gasteiger charge is 2.36. The number of hydrogen-bond donors (Lipinski definition) is 1. The molecule has 0 unspecified atom stereocenters. The zero-order valence-electron chi connectivity index (χ0n) is 11.1. The lowest BCUT2D eigenvalue weighted by Crippen LogP contribution is -2.61. The molecule has 2 nitrogen and oxygen atoms in total. The Hall–Kier alpha value is -0.800. The van der Waals surface area contributed by atoms with E-state index in [0.717, 1.165) is 25.3 Å². The van der Waals surface area contributed by atoms with E-state index in [1.165, 1.54) is 38.2 Å². The Morgan fingerprint density at radius 2 is 1.95 bits per heavy atom. The maximum atomic E-state index is 13.5. The Balaban J connectivity index is 1.80.